The maximum absolute atomic E-state index is 13.1. The molecule has 1 aliphatic heterocycles. The number of amides is 1. The van der Waals surface area contributed by atoms with Crippen molar-refractivity contribution >= 4 is 23.5 Å². The van der Waals surface area contributed by atoms with Gasteiger partial charge in [-0.15, -0.1) is 0 Å². The van der Waals surface area contributed by atoms with Gasteiger partial charge < -0.3 is 14.6 Å². The van der Waals surface area contributed by atoms with E-state index in [2.05, 4.69) is 16.9 Å². The summed E-state index contributed by atoms with van der Waals surface area (Å²) in [6.45, 7) is 4.03. The van der Waals surface area contributed by atoms with Crippen LogP contribution in [0, 0.1) is 5.82 Å². The fraction of sp³-hybridized carbons (Fsp3) is 0.208. The van der Waals surface area contributed by atoms with Crippen molar-refractivity contribution in [1.82, 2.24) is 9.55 Å². The van der Waals surface area contributed by atoms with Crippen LogP contribution in [-0.4, -0.2) is 22.1 Å². The SMILES string of the molecule is C=CCOc1ccc(C2CC(=O)Nc3c2c(=O)nc(SCc2ccc(F)cc2)n3C)cc1. The molecule has 1 atom stereocenters. The molecule has 6 nitrogen and oxygen atoms in total. The number of hydrogen-bond acceptors (Lipinski definition) is 5. The summed E-state index contributed by atoms with van der Waals surface area (Å²) >= 11 is 1.35. The van der Waals surface area contributed by atoms with Gasteiger partial charge in [-0.3, -0.25) is 9.59 Å². The van der Waals surface area contributed by atoms with E-state index >= 15 is 0 Å². The number of aromatic nitrogens is 2. The van der Waals surface area contributed by atoms with Gasteiger partial charge >= 0.3 is 0 Å². The molecule has 32 heavy (non-hydrogen) atoms. The Labute approximate surface area is 189 Å². The molecule has 1 amide bonds. The Morgan fingerprint density at radius 2 is 1.94 bits per heavy atom. The maximum atomic E-state index is 13.1. The molecule has 0 aliphatic carbocycles. The molecule has 1 unspecified atom stereocenters. The average molecular weight is 452 g/mol. The third kappa shape index (κ3) is 4.60. The van der Waals surface area contributed by atoms with Crippen molar-refractivity contribution in [2.75, 3.05) is 11.9 Å². The van der Waals surface area contributed by atoms with Crippen molar-refractivity contribution in [3.63, 3.8) is 0 Å². The number of nitrogens with one attached hydrogen (secondary N) is 1. The summed E-state index contributed by atoms with van der Waals surface area (Å²) in [4.78, 5) is 29.8. The lowest BCUT2D eigenvalue weighted by molar-refractivity contribution is -0.116. The molecular weight excluding hydrogens is 429 g/mol. The molecule has 8 heteroatoms. The first kappa shape index (κ1) is 21.8. The Morgan fingerprint density at radius 1 is 1.22 bits per heavy atom. The predicted molar refractivity (Wildman–Crippen MR) is 123 cm³/mol. The molecule has 2 aromatic carbocycles. The molecule has 0 saturated heterocycles. The fourth-order valence-corrected chi connectivity index (χ4v) is 4.55. The van der Waals surface area contributed by atoms with E-state index in [9.17, 15) is 14.0 Å². The monoisotopic (exact) mass is 451 g/mol. The van der Waals surface area contributed by atoms with Crippen molar-refractivity contribution < 1.29 is 13.9 Å². The molecule has 1 aliphatic rings. The van der Waals surface area contributed by atoms with Gasteiger partial charge in [0.15, 0.2) is 5.16 Å². The molecule has 0 radical (unpaired) electrons. The Bertz CT molecular complexity index is 1210. The Hall–Kier alpha value is -3.39. The van der Waals surface area contributed by atoms with E-state index in [0.29, 0.717) is 34.6 Å². The van der Waals surface area contributed by atoms with Crippen LogP contribution in [-0.2, 0) is 17.6 Å². The molecule has 1 N–H and O–H groups in total. The van der Waals surface area contributed by atoms with E-state index in [1.807, 2.05) is 24.3 Å². The zero-order valence-electron chi connectivity index (χ0n) is 17.5. The fourth-order valence-electron chi connectivity index (χ4n) is 3.63. The number of ether oxygens (including phenoxy) is 1. The lowest BCUT2D eigenvalue weighted by atomic mass is 9.87. The molecule has 1 aromatic heterocycles. The second kappa shape index (κ2) is 9.40. The lowest BCUT2D eigenvalue weighted by Gasteiger charge is -2.27. The summed E-state index contributed by atoms with van der Waals surface area (Å²) in [6.07, 6.45) is 1.83. The van der Waals surface area contributed by atoms with E-state index in [4.69, 9.17) is 4.74 Å². The molecule has 0 bridgehead atoms. The number of benzene rings is 2. The van der Waals surface area contributed by atoms with E-state index < -0.39 is 5.92 Å². The maximum Gasteiger partial charge on any atom is 0.279 e. The van der Waals surface area contributed by atoms with Gasteiger partial charge in [0.25, 0.3) is 5.56 Å². The van der Waals surface area contributed by atoms with Crippen molar-refractivity contribution in [2.45, 2.75) is 23.2 Å². The molecule has 164 valence electrons. The van der Waals surface area contributed by atoms with Crippen LogP contribution in [0.5, 0.6) is 5.75 Å². The zero-order valence-corrected chi connectivity index (χ0v) is 18.3. The van der Waals surface area contributed by atoms with Crippen LogP contribution in [0.25, 0.3) is 0 Å². The van der Waals surface area contributed by atoms with Gasteiger partial charge in [-0.2, -0.15) is 4.98 Å². The van der Waals surface area contributed by atoms with Gasteiger partial charge in [0, 0.05) is 25.1 Å². The largest absolute Gasteiger partial charge is 0.490 e. The molecule has 0 fully saturated rings. The third-order valence-corrected chi connectivity index (χ3v) is 6.33. The van der Waals surface area contributed by atoms with Crippen LogP contribution in [0.4, 0.5) is 10.2 Å². The van der Waals surface area contributed by atoms with Crippen LogP contribution in [0.15, 0.2) is 71.1 Å². The van der Waals surface area contributed by atoms with Crippen LogP contribution >= 0.6 is 11.8 Å². The van der Waals surface area contributed by atoms with Gasteiger partial charge in [0.05, 0.1) is 5.56 Å². The minimum Gasteiger partial charge on any atom is -0.490 e. The van der Waals surface area contributed by atoms with Crippen molar-refractivity contribution in [3.05, 3.63) is 94.0 Å². The lowest BCUT2D eigenvalue weighted by Crippen LogP contribution is -2.33. The highest BCUT2D eigenvalue weighted by molar-refractivity contribution is 7.98. The van der Waals surface area contributed by atoms with E-state index in [0.717, 1.165) is 11.1 Å². The molecule has 4 rings (SSSR count). The predicted octanol–water partition coefficient (Wildman–Crippen LogP) is 4.25. The van der Waals surface area contributed by atoms with Crippen LogP contribution in [0.1, 0.15) is 29.0 Å². The highest BCUT2D eigenvalue weighted by Crippen LogP contribution is 2.36. The molecule has 2 heterocycles. The summed E-state index contributed by atoms with van der Waals surface area (Å²) in [6, 6.07) is 13.5. The van der Waals surface area contributed by atoms with Gasteiger partial charge in [0.2, 0.25) is 5.91 Å². The number of carbonyl (C=O) groups excluding carboxylic acids is 1. The zero-order chi connectivity index (χ0) is 22.7. The quantitative estimate of drug-likeness (QED) is 0.330. The number of nitrogens with zero attached hydrogens (tertiary/aromatic N) is 2. The summed E-state index contributed by atoms with van der Waals surface area (Å²) in [5, 5.41) is 3.32. The first-order valence-corrected chi connectivity index (χ1v) is 11.1. The topological polar surface area (TPSA) is 73.2 Å². The molecule has 0 saturated carbocycles. The van der Waals surface area contributed by atoms with Crippen LogP contribution in [0.3, 0.4) is 0 Å². The van der Waals surface area contributed by atoms with E-state index in [1.165, 1.54) is 23.9 Å². The molecule has 0 spiro atoms. The first-order chi connectivity index (χ1) is 15.5. The second-order valence-corrected chi connectivity index (χ2v) is 8.35. The van der Waals surface area contributed by atoms with Gasteiger partial charge in [-0.25, -0.2) is 4.39 Å². The minimum atomic E-state index is -0.394. The second-order valence-electron chi connectivity index (χ2n) is 7.41. The summed E-state index contributed by atoms with van der Waals surface area (Å²) in [7, 11) is 1.77. The van der Waals surface area contributed by atoms with E-state index in [1.54, 1.807) is 29.8 Å². The third-order valence-electron chi connectivity index (χ3n) is 5.23. The highest BCUT2D eigenvalue weighted by Gasteiger charge is 2.32. The number of rotatable bonds is 7. The number of anilines is 1. The van der Waals surface area contributed by atoms with E-state index in [-0.39, 0.29) is 23.7 Å². The Morgan fingerprint density at radius 3 is 2.62 bits per heavy atom. The van der Waals surface area contributed by atoms with Crippen molar-refractivity contribution in [2.24, 2.45) is 7.05 Å². The van der Waals surface area contributed by atoms with Gasteiger partial charge in [-0.05, 0) is 35.4 Å². The normalized spacial score (nSPS) is 15.1. The molecule has 3 aromatic rings. The first-order valence-electron chi connectivity index (χ1n) is 10.1. The number of halogens is 1. The summed E-state index contributed by atoms with van der Waals surface area (Å²) < 4.78 is 20.4. The van der Waals surface area contributed by atoms with Crippen molar-refractivity contribution in [1.29, 1.82) is 0 Å². The Kier molecular flexibility index (Phi) is 6.41. The standard InChI is InChI=1S/C24H22FN3O3S/c1-3-12-31-18-10-6-16(7-11-18)19-13-20(29)26-22-21(19)23(30)27-24(28(22)2)32-14-15-4-8-17(25)9-5-15/h3-11,19H,1,12-14H2,2H3,(H,26,29). The van der Waals surface area contributed by atoms with Crippen LogP contribution in [0.2, 0.25) is 0 Å². The van der Waals surface area contributed by atoms with Crippen LogP contribution < -0.4 is 15.6 Å². The molecular formula is C24H22FN3O3S. The Balaban J connectivity index is 1.64. The average Bonchev–Trinajstić information content (AvgIpc) is 2.80. The highest BCUT2D eigenvalue weighted by atomic mass is 32.2. The summed E-state index contributed by atoms with van der Waals surface area (Å²) in [5.74, 6) is 0.808. The number of hydrogen-bond donors (Lipinski definition) is 1. The van der Waals surface area contributed by atoms with Crippen molar-refractivity contribution in [3.8, 4) is 5.75 Å². The van der Waals surface area contributed by atoms with Gasteiger partial charge in [-0.1, -0.05) is 48.7 Å². The number of carbonyl (C=O) groups is 1. The smallest absolute Gasteiger partial charge is 0.279 e. The minimum absolute atomic E-state index is 0.162. The number of fused-ring (bicyclic) bond motifs is 1. The number of thioether (sulfide) groups is 1. The summed E-state index contributed by atoms with van der Waals surface area (Å²) in [5.41, 5.74) is 1.86. The van der Waals surface area contributed by atoms with Gasteiger partial charge in [0.1, 0.15) is 24.0 Å².